The summed E-state index contributed by atoms with van der Waals surface area (Å²) in [4.78, 5) is 0. The fourth-order valence-electron chi connectivity index (χ4n) is 0.765. The highest BCUT2D eigenvalue weighted by Gasteiger charge is 2.24. The highest BCUT2D eigenvalue weighted by Crippen LogP contribution is 2.07. The molecule has 1 unspecified atom stereocenters. The van der Waals surface area contributed by atoms with E-state index in [2.05, 4.69) is 11.4 Å². The van der Waals surface area contributed by atoms with Crippen LogP contribution in [0.2, 0.25) is 0 Å². The molecule has 0 heterocycles. The minimum Gasteiger partial charge on any atom is -0.382 e. The quantitative estimate of drug-likeness (QED) is 0.622. The van der Waals surface area contributed by atoms with E-state index in [1.54, 1.807) is 14.2 Å². The topological polar surface area (TPSA) is 45.0 Å². The highest BCUT2D eigenvalue weighted by atomic mass is 16.5. The molecule has 0 bridgehead atoms. The summed E-state index contributed by atoms with van der Waals surface area (Å²) in [5.74, 6) is 0. The Labute approximate surface area is 62.0 Å². The average molecular weight is 142 g/mol. The van der Waals surface area contributed by atoms with Crippen LogP contribution in [-0.4, -0.2) is 26.3 Å². The summed E-state index contributed by atoms with van der Waals surface area (Å²) < 4.78 is 4.89. The highest BCUT2D eigenvalue weighted by molar-refractivity contribution is 5.05. The zero-order chi connectivity index (χ0) is 8.04. The van der Waals surface area contributed by atoms with E-state index in [0.717, 1.165) is 6.42 Å². The molecule has 0 fully saturated rings. The zero-order valence-corrected chi connectivity index (χ0v) is 6.77. The van der Waals surface area contributed by atoms with Gasteiger partial charge in [0.15, 0.2) is 0 Å². The van der Waals surface area contributed by atoms with E-state index in [1.807, 2.05) is 6.92 Å². The summed E-state index contributed by atoms with van der Waals surface area (Å²) in [6.07, 6.45) is 0.758. The number of ether oxygens (including phenoxy) is 1. The standard InChI is InChI=1S/C7H14N2O/c1-4-7(5-8,9-2)6-10-3/h9H,4,6H2,1-3H3. The van der Waals surface area contributed by atoms with Crippen molar-refractivity contribution in [1.82, 2.24) is 5.32 Å². The molecule has 0 saturated carbocycles. The smallest absolute Gasteiger partial charge is 0.129 e. The largest absolute Gasteiger partial charge is 0.382 e. The Morgan fingerprint density at radius 1 is 1.70 bits per heavy atom. The van der Waals surface area contributed by atoms with Gasteiger partial charge in [0.05, 0.1) is 12.7 Å². The van der Waals surface area contributed by atoms with Gasteiger partial charge in [-0.15, -0.1) is 0 Å². The van der Waals surface area contributed by atoms with E-state index in [0.29, 0.717) is 6.61 Å². The van der Waals surface area contributed by atoms with Gasteiger partial charge in [0.2, 0.25) is 0 Å². The predicted molar refractivity (Wildman–Crippen MR) is 39.6 cm³/mol. The minimum atomic E-state index is -0.491. The van der Waals surface area contributed by atoms with Crippen molar-refractivity contribution in [2.45, 2.75) is 18.9 Å². The lowest BCUT2D eigenvalue weighted by Gasteiger charge is -2.22. The summed E-state index contributed by atoms with van der Waals surface area (Å²) in [6, 6.07) is 2.18. The molecular weight excluding hydrogens is 128 g/mol. The first-order valence-corrected chi connectivity index (χ1v) is 3.33. The second-order valence-electron chi connectivity index (χ2n) is 2.23. The SMILES string of the molecule is CCC(C#N)(COC)NC. The molecule has 3 nitrogen and oxygen atoms in total. The maximum Gasteiger partial charge on any atom is 0.129 e. The molecule has 0 aromatic carbocycles. The summed E-state index contributed by atoms with van der Waals surface area (Å²) in [5.41, 5.74) is -0.491. The van der Waals surface area contributed by atoms with Crippen LogP contribution in [-0.2, 0) is 4.74 Å². The molecule has 1 N–H and O–H groups in total. The predicted octanol–water partition coefficient (Wildman–Crippen LogP) is 0.525. The van der Waals surface area contributed by atoms with Crippen molar-refractivity contribution in [2.75, 3.05) is 20.8 Å². The zero-order valence-electron chi connectivity index (χ0n) is 6.77. The van der Waals surface area contributed by atoms with E-state index in [1.165, 1.54) is 0 Å². The number of methoxy groups -OCH3 is 1. The molecule has 0 aliphatic heterocycles. The van der Waals surface area contributed by atoms with Crippen molar-refractivity contribution in [2.24, 2.45) is 0 Å². The Bertz CT molecular complexity index is 124. The molecule has 10 heavy (non-hydrogen) atoms. The van der Waals surface area contributed by atoms with Crippen LogP contribution in [0.4, 0.5) is 0 Å². The molecule has 0 aliphatic carbocycles. The third-order valence-electron chi connectivity index (χ3n) is 1.69. The number of hydrogen-bond donors (Lipinski definition) is 1. The molecule has 0 rings (SSSR count). The van der Waals surface area contributed by atoms with Crippen LogP contribution >= 0.6 is 0 Å². The van der Waals surface area contributed by atoms with Crippen LogP contribution in [0.1, 0.15) is 13.3 Å². The summed E-state index contributed by atoms with van der Waals surface area (Å²) in [5, 5.41) is 11.6. The molecular formula is C7H14N2O. The first-order chi connectivity index (χ1) is 4.74. The van der Waals surface area contributed by atoms with Gasteiger partial charge in [-0.1, -0.05) is 6.92 Å². The molecule has 3 heteroatoms. The Morgan fingerprint density at radius 3 is 2.40 bits per heavy atom. The van der Waals surface area contributed by atoms with Gasteiger partial charge >= 0.3 is 0 Å². The molecule has 58 valence electrons. The second-order valence-corrected chi connectivity index (χ2v) is 2.23. The van der Waals surface area contributed by atoms with Crippen molar-refractivity contribution in [1.29, 1.82) is 5.26 Å². The lowest BCUT2D eigenvalue weighted by molar-refractivity contribution is 0.139. The molecule has 0 amide bonds. The van der Waals surface area contributed by atoms with Crippen molar-refractivity contribution < 1.29 is 4.74 Å². The first-order valence-electron chi connectivity index (χ1n) is 3.33. The number of likely N-dealkylation sites (N-methyl/N-ethyl adjacent to an activating group) is 1. The van der Waals surface area contributed by atoms with Crippen molar-refractivity contribution >= 4 is 0 Å². The lowest BCUT2D eigenvalue weighted by Crippen LogP contribution is -2.44. The van der Waals surface area contributed by atoms with Crippen LogP contribution in [0.3, 0.4) is 0 Å². The van der Waals surface area contributed by atoms with E-state index >= 15 is 0 Å². The van der Waals surface area contributed by atoms with Crippen molar-refractivity contribution in [3.63, 3.8) is 0 Å². The van der Waals surface area contributed by atoms with Gasteiger partial charge in [-0.3, -0.25) is 0 Å². The molecule has 0 saturated heterocycles. The Hall–Kier alpha value is -0.590. The fraction of sp³-hybridized carbons (Fsp3) is 0.857. The van der Waals surface area contributed by atoms with Crippen LogP contribution in [0.15, 0.2) is 0 Å². The van der Waals surface area contributed by atoms with Gasteiger partial charge in [-0.2, -0.15) is 5.26 Å². The van der Waals surface area contributed by atoms with E-state index in [-0.39, 0.29) is 0 Å². The minimum absolute atomic E-state index is 0.441. The molecule has 0 aliphatic rings. The van der Waals surface area contributed by atoms with Gasteiger partial charge in [0, 0.05) is 7.11 Å². The van der Waals surface area contributed by atoms with Crippen molar-refractivity contribution in [3.05, 3.63) is 0 Å². The summed E-state index contributed by atoms with van der Waals surface area (Å²) >= 11 is 0. The second kappa shape index (κ2) is 4.26. The van der Waals surface area contributed by atoms with Crippen molar-refractivity contribution in [3.8, 4) is 6.07 Å². The number of nitrogens with one attached hydrogen (secondary N) is 1. The summed E-state index contributed by atoms with van der Waals surface area (Å²) in [6.45, 7) is 2.40. The van der Waals surface area contributed by atoms with Gasteiger partial charge in [-0.25, -0.2) is 0 Å². The third kappa shape index (κ3) is 1.98. The van der Waals surface area contributed by atoms with E-state index < -0.39 is 5.54 Å². The average Bonchev–Trinajstić information content (AvgIpc) is 2.01. The number of nitrogens with zero attached hydrogens (tertiary/aromatic N) is 1. The van der Waals surface area contributed by atoms with Gasteiger partial charge in [-0.05, 0) is 13.5 Å². The fourth-order valence-corrected chi connectivity index (χ4v) is 0.765. The van der Waals surface area contributed by atoms with Crippen LogP contribution in [0, 0.1) is 11.3 Å². The van der Waals surface area contributed by atoms with Crippen LogP contribution < -0.4 is 5.32 Å². The van der Waals surface area contributed by atoms with E-state index in [4.69, 9.17) is 10.00 Å². The Kier molecular flexibility index (Phi) is 4.01. The lowest BCUT2D eigenvalue weighted by atomic mass is 10.0. The molecule has 0 spiro atoms. The van der Waals surface area contributed by atoms with Crippen LogP contribution in [0.5, 0.6) is 0 Å². The normalized spacial score (nSPS) is 15.8. The molecule has 0 radical (unpaired) electrons. The number of hydrogen-bond acceptors (Lipinski definition) is 3. The number of rotatable bonds is 4. The molecule has 0 aromatic rings. The maximum absolute atomic E-state index is 8.72. The Morgan fingerprint density at radius 2 is 2.30 bits per heavy atom. The summed E-state index contributed by atoms with van der Waals surface area (Å²) in [7, 11) is 3.37. The van der Waals surface area contributed by atoms with E-state index in [9.17, 15) is 0 Å². The molecule has 0 aromatic heterocycles. The molecule has 1 atom stereocenters. The monoisotopic (exact) mass is 142 g/mol. The van der Waals surface area contributed by atoms with Gasteiger partial charge in [0.25, 0.3) is 0 Å². The third-order valence-corrected chi connectivity index (χ3v) is 1.69. The first kappa shape index (κ1) is 9.41. The van der Waals surface area contributed by atoms with Gasteiger partial charge < -0.3 is 10.1 Å². The van der Waals surface area contributed by atoms with Crippen LogP contribution in [0.25, 0.3) is 0 Å². The number of nitriles is 1. The Balaban J connectivity index is 4.05. The van der Waals surface area contributed by atoms with Gasteiger partial charge in [0.1, 0.15) is 5.54 Å². The maximum atomic E-state index is 8.72.